The number of thioether (sulfide) groups is 1. The van der Waals surface area contributed by atoms with E-state index in [1.54, 1.807) is 11.3 Å². The number of fused-ring (bicyclic) bond motifs is 1. The van der Waals surface area contributed by atoms with Crippen molar-refractivity contribution in [3.63, 3.8) is 0 Å². The highest BCUT2D eigenvalue weighted by Gasteiger charge is 2.25. The lowest BCUT2D eigenvalue weighted by Crippen LogP contribution is -2.28. The second-order valence-electron chi connectivity index (χ2n) is 5.30. The molecule has 0 aromatic carbocycles. The zero-order valence-corrected chi connectivity index (χ0v) is 13.4. The number of hydrogen-bond acceptors (Lipinski definition) is 5. The van der Waals surface area contributed by atoms with E-state index in [4.69, 9.17) is 11.6 Å². The van der Waals surface area contributed by atoms with Crippen LogP contribution in [0.2, 0.25) is 5.28 Å². The summed E-state index contributed by atoms with van der Waals surface area (Å²) >= 11 is 9.70. The van der Waals surface area contributed by atoms with Crippen molar-refractivity contribution in [2.24, 2.45) is 0 Å². The Hall–Kier alpha value is -0.520. The van der Waals surface area contributed by atoms with Crippen LogP contribution in [0.25, 0.3) is 10.2 Å². The molecule has 1 fully saturated rings. The average molecular weight is 314 g/mol. The van der Waals surface area contributed by atoms with Gasteiger partial charge in [-0.15, -0.1) is 11.3 Å². The quantitative estimate of drug-likeness (QED) is 0.742. The van der Waals surface area contributed by atoms with E-state index in [0.717, 1.165) is 41.3 Å². The lowest BCUT2D eigenvalue weighted by atomic mass is 10.1. The third-order valence-electron chi connectivity index (χ3n) is 3.41. The number of thiophene rings is 1. The van der Waals surface area contributed by atoms with Gasteiger partial charge in [0.15, 0.2) is 0 Å². The zero-order valence-electron chi connectivity index (χ0n) is 11.0. The molecule has 1 aliphatic heterocycles. The Morgan fingerprint density at radius 1 is 1.32 bits per heavy atom. The molecule has 0 unspecified atom stereocenters. The first-order valence-corrected chi connectivity index (χ1v) is 8.59. The van der Waals surface area contributed by atoms with Crippen LogP contribution in [0.1, 0.15) is 20.3 Å². The molecule has 0 bridgehead atoms. The summed E-state index contributed by atoms with van der Waals surface area (Å²) in [5.41, 5.74) is 0. The summed E-state index contributed by atoms with van der Waals surface area (Å²) in [6.45, 7) is 6.67. The second kappa shape index (κ2) is 5.11. The molecule has 3 rings (SSSR count). The third-order valence-corrected chi connectivity index (χ3v) is 5.76. The third kappa shape index (κ3) is 2.83. The van der Waals surface area contributed by atoms with Crippen LogP contribution in [0.5, 0.6) is 0 Å². The van der Waals surface area contributed by atoms with Crippen LogP contribution in [0.15, 0.2) is 11.4 Å². The molecule has 6 heteroatoms. The molecule has 0 spiro atoms. The fourth-order valence-electron chi connectivity index (χ4n) is 2.29. The molecule has 2 aromatic rings. The Morgan fingerprint density at radius 2 is 2.16 bits per heavy atom. The zero-order chi connectivity index (χ0) is 13.5. The predicted octanol–water partition coefficient (Wildman–Crippen LogP) is 4.07. The number of anilines is 1. The number of aromatic nitrogens is 2. The van der Waals surface area contributed by atoms with Gasteiger partial charge in [0.2, 0.25) is 5.28 Å². The van der Waals surface area contributed by atoms with Gasteiger partial charge < -0.3 is 4.90 Å². The molecule has 0 saturated carbocycles. The van der Waals surface area contributed by atoms with E-state index in [9.17, 15) is 0 Å². The maximum atomic E-state index is 6.05. The van der Waals surface area contributed by atoms with Crippen molar-refractivity contribution in [3.05, 3.63) is 16.7 Å². The molecule has 0 N–H and O–H groups in total. The highest BCUT2D eigenvalue weighted by molar-refractivity contribution is 8.00. The average Bonchev–Trinajstić information content (AvgIpc) is 2.72. The van der Waals surface area contributed by atoms with E-state index < -0.39 is 0 Å². The SMILES string of the molecule is CC1(C)CCN(c2nc(Cl)nc3sccc23)CCS1. The van der Waals surface area contributed by atoms with Crippen molar-refractivity contribution < 1.29 is 0 Å². The van der Waals surface area contributed by atoms with Gasteiger partial charge in [0.05, 0.1) is 5.39 Å². The Labute approximate surface area is 126 Å². The number of nitrogens with zero attached hydrogens (tertiary/aromatic N) is 3. The van der Waals surface area contributed by atoms with Gasteiger partial charge in [0.1, 0.15) is 10.6 Å². The monoisotopic (exact) mass is 313 g/mol. The van der Waals surface area contributed by atoms with Crippen LogP contribution in [0.4, 0.5) is 5.82 Å². The van der Waals surface area contributed by atoms with Crippen molar-refractivity contribution in [1.82, 2.24) is 9.97 Å². The van der Waals surface area contributed by atoms with Crippen molar-refractivity contribution in [1.29, 1.82) is 0 Å². The molecule has 19 heavy (non-hydrogen) atoms. The van der Waals surface area contributed by atoms with Gasteiger partial charge in [-0.2, -0.15) is 16.7 Å². The Balaban J connectivity index is 1.97. The van der Waals surface area contributed by atoms with E-state index >= 15 is 0 Å². The lowest BCUT2D eigenvalue weighted by molar-refractivity contribution is 0.636. The number of halogens is 1. The van der Waals surface area contributed by atoms with E-state index in [1.165, 1.54) is 0 Å². The molecule has 0 radical (unpaired) electrons. The molecule has 0 atom stereocenters. The summed E-state index contributed by atoms with van der Waals surface area (Å²) in [6, 6.07) is 2.09. The first-order chi connectivity index (χ1) is 9.05. The van der Waals surface area contributed by atoms with E-state index in [1.807, 2.05) is 11.8 Å². The molecule has 3 heterocycles. The molecule has 102 valence electrons. The standard InChI is InChI=1S/C13H16ClN3S2/c1-13(2)4-5-17(6-8-19-13)10-9-3-7-18-11(9)16-12(14)15-10/h3,7H,4-6,8H2,1-2H3. The predicted molar refractivity (Wildman–Crippen MR) is 85.8 cm³/mol. The van der Waals surface area contributed by atoms with Crippen molar-refractivity contribution in [3.8, 4) is 0 Å². The van der Waals surface area contributed by atoms with Crippen LogP contribution in [0, 0.1) is 0 Å². The minimum absolute atomic E-state index is 0.347. The molecule has 1 aliphatic rings. The summed E-state index contributed by atoms with van der Waals surface area (Å²) in [6.07, 6.45) is 1.16. The first kappa shape index (κ1) is 13.5. The Kier molecular flexibility index (Phi) is 3.62. The molecule has 0 aliphatic carbocycles. The van der Waals surface area contributed by atoms with Gasteiger partial charge in [0.25, 0.3) is 0 Å². The number of hydrogen-bond donors (Lipinski definition) is 0. The highest BCUT2D eigenvalue weighted by atomic mass is 35.5. The van der Waals surface area contributed by atoms with E-state index in [0.29, 0.717) is 10.0 Å². The van der Waals surface area contributed by atoms with Crippen molar-refractivity contribution >= 4 is 50.7 Å². The highest BCUT2D eigenvalue weighted by Crippen LogP contribution is 2.34. The fraction of sp³-hybridized carbons (Fsp3) is 0.538. The first-order valence-electron chi connectivity index (χ1n) is 6.35. The molecule has 2 aromatic heterocycles. The minimum atomic E-state index is 0.347. The normalized spacial score (nSPS) is 19.6. The number of rotatable bonds is 1. The van der Waals surface area contributed by atoms with Gasteiger partial charge >= 0.3 is 0 Å². The summed E-state index contributed by atoms with van der Waals surface area (Å²) in [7, 11) is 0. The van der Waals surface area contributed by atoms with Crippen molar-refractivity contribution in [2.75, 3.05) is 23.7 Å². The van der Waals surface area contributed by atoms with Gasteiger partial charge in [-0.3, -0.25) is 0 Å². The maximum absolute atomic E-state index is 6.05. The molecule has 0 amide bonds. The molecule has 3 nitrogen and oxygen atoms in total. The maximum Gasteiger partial charge on any atom is 0.225 e. The Bertz CT molecular complexity index is 597. The molecule has 1 saturated heterocycles. The minimum Gasteiger partial charge on any atom is -0.355 e. The molecular formula is C13H16ClN3S2. The summed E-state index contributed by atoms with van der Waals surface area (Å²) < 4.78 is 0.347. The van der Waals surface area contributed by atoms with E-state index in [-0.39, 0.29) is 0 Å². The van der Waals surface area contributed by atoms with Crippen LogP contribution < -0.4 is 4.90 Å². The van der Waals surface area contributed by atoms with Gasteiger partial charge in [0, 0.05) is 23.6 Å². The van der Waals surface area contributed by atoms with E-state index in [2.05, 4.69) is 40.2 Å². The second-order valence-corrected chi connectivity index (χ2v) is 8.34. The topological polar surface area (TPSA) is 29.0 Å². The van der Waals surface area contributed by atoms with Gasteiger partial charge in [-0.1, -0.05) is 13.8 Å². The fourth-order valence-corrected chi connectivity index (χ4v) is 4.36. The van der Waals surface area contributed by atoms with Gasteiger partial charge in [-0.05, 0) is 29.5 Å². The largest absolute Gasteiger partial charge is 0.355 e. The Morgan fingerprint density at radius 3 is 3.00 bits per heavy atom. The summed E-state index contributed by atoms with van der Waals surface area (Å²) in [5, 5.41) is 3.52. The smallest absolute Gasteiger partial charge is 0.225 e. The lowest BCUT2D eigenvalue weighted by Gasteiger charge is -2.23. The van der Waals surface area contributed by atoms with Crippen LogP contribution >= 0.6 is 34.7 Å². The van der Waals surface area contributed by atoms with Gasteiger partial charge in [-0.25, -0.2) is 4.98 Å². The van der Waals surface area contributed by atoms with Crippen molar-refractivity contribution in [2.45, 2.75) is 25.0 Å². The van der Waals surface area contributed by atoms with Crippen LogP contribution in [-0.2, 0) is 0 Å². The van der Waals surface area contributed by atoms with Crippen LogP contribution in [0.3, 0.4) is 0 Å². The van der Waals surface area contributed by atoms with Crippen LogP contribution in [-0.4, -0.2) is 33.6 Å². The molecular weight excluding hydrogens is 298 g/mol. The summed E-state index contributed by atoms with van der Waals surface area (Å²) in [5.74, 6) is 2.12. The summed E-state index contributed by atoms with van der Waals surface area (Å²) in [4.78, 5) is 12.1.